The molecular formula is C18H18F3N7O3. The highest BCUT2D eigenvalue weighted by molar-refractivity contribution is 5.75. The maximum Gasteiger partial charge on any atom is 0.490 e. The van der Waals surface area contributed by atoms with Crippen LogP contribution in [0.25, 0.3) is 11.4 Å². The number of pyridine rings is 2. The summed E-state index contributed by atoms with van der Waals surface area (Å²) in [5.41, 5.74) is 7.36. The van der Waals surface area contributed by atoms with E-state index in [0.717, 1.165) is 11.3 Å². The third kappa shape index (κ3) is 6.22. The monoisotopic (exact) mass is 437 g/mol. The first-order valence-electron chi connectivity index (χ1n) is 8.50. The molecule has 0 amide bonds. The average Bonchev–Trinajstić information content (AvgIpc) is 2.72. The predicted molar refractivity (Wildman–Crippen MR) is 105 cm³/mol. The Balaban J connectivity index is 0.000000423. The number of nitrogen functional groups attached to an aromatic ring is 1. The highest BCUT2D eigenvalue weighted by Gasteiger charge is 2.38. The van der Waals surface area contributed by atoms with Gasteiger partial charge in [0.1, 0.15) is 11.6 Å². The van der Waals surface area contributed by atoms with Gasteiger partial charge < -0.3 is 20.5 Å². The van der Waals surface area contributed by atoms with Gasteiger partial charge in [0.05, 0.1) is 24.6 Å². The SMILES string of the molecule is COc1ccc(N(C)c2ncccc2-c2nc(C)nc(N)n2)cn1.O=C(O)C(F)(F)F. The quantitative estimate of drug-likeness (QED) is 0.626. The van der Waals surface area contributed by atoms with Gasteiger partial charge in [0.15, 0.2) is 5.82 Å². The van der Waals surface area contributed by atoms with E-state index in [1.54, 1.807) is 32.5 Å². The summed E-state index contributed by atoms with van der Waals surface area (Å²) in [6.07, 6.45) is -1.66. The third-order valence-electron chi connectivity index (χ3n) is 3.67. The summed E-state index contributed by atoms with van der Waals surface area (Å²) in [5.74, 6) is -0.296. The van der Waals surface area contributed by atoms with Gasteiger partial charge in [0.25, 0.3) is 0 Å². The van der Waals surface area contributed by atoms with Crippen molar-refractivity contribution in [2.75, 3.05) is 24.8 Å². The average molecular weight is 437 g/mol. The molecule has 10 nitrogen and oxygen atoms in total. The summed E-state index contributed by atoms with van der Waals surface area (Å²) in [7, 11) is 3.48. The first kappa shape index (κ1) is 23.3. The van der Waals surface area contributed by atoms with E-state index < -0.39 is 12.1 Å². The van der Waals surface area contributed by atoms with E-state index in [1.807, 2.05) is 30.1 Å². The van der Waals surface area contributed by atoms with E-state index in [1.165, 1.54) is 0 Å². The van der Waals surface area contributed by atoms with E-state index in [4.69, 9.17) is 20.4 Å². The molecule has 0 bridgehead atoms. The van der Waals surface area contributed by atoms with E-state index in [-0.39, 0.29) is 5.95 Å². The number of hydrogen-bond acceptors (Lipinski definition) is 9. The number of nitrogens with two attached hydrogens (primary N) is 1. The molecule has 0 saturated heterocycles. The molecule has 164 valence electrons. The molecule has 31 heavy (non-hydrogen) atoms. The molecule has 0 aliphatic carbocycles. The zero-order valence-corrected chi connectivity index (χ0v) is 16.6. The normalized spacial score (nSPS) is 10.6. The molecule has 3 heterocycles. The number of ether oxygens (including phenoxy) is 1. The Morgan fingerprint density at radius 3 is 2.35 bits per heavy atom. The minimum atomic E-state index is -5.08. The number of aryl methyl sites for hydroxylation is 1. The van der Waals surface area contributed by atoms with Crippen molar-refractivity contribution in [1.82, 2.24) is 24.9 Å². The maximum absolute atomic E-state index is 10.6. The van der Waals surface area contributed by atoms with Crippen LogP contribution in [0, 0.1) is 6.92 Å². The van der Waals surface area contributed by atoms with Crippen LogP contribution in [0.3, 0.4) is 0 Å². The van der Waals surface area contributed by atoms with Crippen molar-refractivity contribution in [2.24, 2.45) is 0 Å². The number of aromatic nitrogens is 5. The smallest absolute Gasteiger partial charge is 0.481 e. The second kappa shape index (κ2) is 9.65. The van der Waals surface area contributed by atoms with Crippen LogP contribution >= 0.6 is 0 Å². The number of rotatable bonds is 4. The third-order valence-corrected chi connectivity index (χ3v) is 3.67. The van der Waals surface area contributed by atoms with E-state index >= 15 is 0 Å². The number of anilines is 3. The largest absolute Gasteiger partial charge is 0.490 e. The second-order valence-electron chi connectivity index (χ2n) is 5.86. The molecule has 0 aromatic carbocycles. The molecule has 0 fully saturated rings. The lowest BCUT2D eigenvalue weighted by molar-refractivity contribution is -0.192. The number of carboxylic acid groups (broad SMARTS) is 1. The summed E-state index contributed by atoms with van der Waals surface area (Å²) < 4.78 is 36.8. The van der Waals surface area contributed by atoms with Crippen LogP contribution in [0.4, 0.5) is 30.6 Å². The van der Waals surface area contributed by atoms with Gasteiger partial charge in [-0.3, -0.25) is 0 Å². The summed E-state index contributed by atoms with van der Waals surface area (Å²) in [6, 6.07) is 7.41. The van der Waals surface area contributed by atoms with E-state index in [0.29, 0.717) is 23.3 Å². The van der Waals surface area contributed by atoms with Gasteiger partial charge in [-0.2, -0.15) is 23.1 Å². The molecular weight excluding hydrogens is 419 g/mol. The van der Waals surface area contributed by atoms with E-state index in [9.17, 15) is 13.2 Å². The van der Waals surface area contributed by atoms with Crippen molar-refractivity contribution in [2.45, 2.75) is 13.1 Å². The highest BCUT2D eigenvalue weighted by Crippen LogP contribution is 2.30. The molecule has 0 saturated carbocycles. The summed E-state index contributed by atoms with van der Waals surface area (Å²) >= 11 is 0. The van der Waals surface area contributed by atoms with Gasteiger partial charge >= 0.3 is 12.1 Å². The molecule has 3 aromatic rings. The fraction of sp³-hybridized carbons (Fsp3) is 0.222. The van der Waals surface area contributed by atoms with Crippen LogP contribution in [-0.4, -0.2) is 56.3 Å². The zero-order valence-electron chi connectivity index (χ0n) is 16.6. The fourth-order valence-corrected chi connectivity index (χ4v) is 2.28. The minimum Gasteiger partial charge on any atom is -0.481 e. The predicted octanol–water partition coefficient (Wildman–Crippen LogP) is 2.63. The molecule has 0 atom stereocenters. The van der Waals surface area contributed by atoms with Crippen molar-refractivity contribution in [1.29, 1.82) is 0 Å². The molecule has 0 spiro atoms. The number of aliphatic carboxylic acids is 1. The van der Waals surface area contributed by atoms with Gasteiger partial charge in [0, 0.05) is 19.3 Å². The van der Waals surface area contributed by atoms with Gasteiger partial charge in [-0.05, 0) is 25.1 Å². The van der Waals surface area contributed by atoms with E-state index in [2.05, 4.69) is 24.9 Å². The Kier molecular flexibility index (Phi) is 7.24. The van der Waals surface area contributed by atoms with Gasteiger partial charge in [0.2, 0.25) is 11.8 Å². The molecule has 13 heteroatoms. The van der Waals surface area contributed by atoms with Gasteiger partial charge in [-0.15, -0.1) is 0 Å². The highest BCUT2D eigenvalue weighted by atomic mass is 19.4. The number of alkyl halides is 3. The molecule has 0 aliphatic heterocycles. The van der Waals surface area contributed by atoms with Crippen LogP contribution in [0.2, 0.25) is 0 Å². The molecule has 3 rings (SSSR count). The number of carboxylic acids is 1. The lowest BCUT2D eigenvalue weighted by atomic mass is 10.2. The topological polar surface area (TPSA) is 140 Å². The number of methoxy groups -OCH3 is 1. The lowest BCUT2D eigenvalue weighted by Gasteiger charge is -2.20. The Hall–Kier alpha value is -4.03. The van der Waals surface area contributed by atoms with Crippen LogP contribution < -0.4 is 15.4 Å². The van der Waals surface area contributed by atoms with Crippen LogP contribution in [0.15, 0.2) is 36.7 Å². The summed E-state index contributed by atoms with van der Waals surface area (Å²) in [6.45, 7) is 1.77. The summed E-state index contributed by atoms with van der Waals surface area (Å²) in [4.78, 5) is 32.1. The van der Waals surface area contributed by atoms with Crippen molar-refractivity contribution in [3.05, 3.63) is 42.5 Å². The fourth-order valence-electron chi connectivity index (χ4n) is 2.28. The molecule has 3 aromatic heterocycles. The first-order valence-corrected chi connectivity index (χ1v) is 8.50. The molecule has 3 N–H and O–H groups in total. The lowest BCUT2D eigenvalue weighted by Crippen LogP contribution is -2.21. The molecule has 0 unspecified atom stereocenters. The minimum absolute atomic E-state index is 0.182. The van der Waals surface area contributed by atoms with Gasteiger partial charge in [-0.25, -0.2) is 19.7 Å². The van der Waals surface area contributed by atoms with Crippen molar-refractivity contribution < 1.29 is 27.8 Å². The van der Waals surface area contributed by atoms with Crippen LogP contribution in [0.5, 0.6) is 5.88 Å². The van der Waals surface area contributed by atoms with Crippen molar-refractivity contribution in [3.8, 4) is 17.3 Å². The molecule has 0 radical (unpaired) electrons. The maximum atomic E-state index is 10.6. The number of nitrogens with zero attached hydrogens (tertiary/aromatic N) is 6. The number of hydrogen-bond donors (Lipinski definition) is 2. The Labute approximate surface area is 174 Å². The Morgan fingerprint density at radius 2 is 1.84 bits per heavy atom. The van der Waals surface area contributed by atoms with Crippen LogP contribution in [0.1, 0.15) is 5.82 Å². The van der Waals surface area contributed by atoms with Crippen molar-refractivity contribution in [3.63, 3.8) is 0 Å². The van der Waals surface area contributed by atoms with Gasteiger partial charge in [-0.1, -0.05) is 0 Å². The second-order valence-corrected chi connectivity index (χ2v) is 5.86. The van der Waals surface area contributed by atoms with Crippen LogP contribution in [-0.2, 0) is 4.79 Å². The number of carbonyl (C=O) groups is 1. The summed E-state index contributed by atoms with van der Waals surface area (Å²) in [5, 5.41) is 7.12. The molecule has 0 aliphatic rings. The number of halogens is 3. The first-order chi connectivity index (χ1) is 14.5. The Bertz CT molecular complexity index is 1030. The standard InChI is InChI=1S/C16H17N7O.C2HF3O2/c1-10-20-14(22-16(17)21-10)12-5-4-8-18-15(12)23(2)11-6-7-13(24-3)19-9-11;3-2(4,5)1(6)7/h4-9H,1-3H3,(H2,17,20,21,22);(H,6,7). The Morgan fingerprint density at radius 1 is 1.16 bits per heavy atom. The van der Waals surface area contributed by atoms with Crippen molar-refractivity contribution >= 4 is 23.4 Å². The zero-order chi connectivity index (χ0) is 23.2.